The van der Waals surface area contributed by atoms with Crippen molar-refractivity contribution in [1.82, 2.24) is 15.0 Å². The van der Waals surface area contributed by atoms with Gasteiger partial charge in [-0.3, -0.25) is 4.79 Å². The second-order valence-corrected chi connectivity index (χ2v) is 8.68. The summed E-state index contributed by atoms with van der Waals surface area (Å²) in [5.41, 5.74) is 3.38. The molecule has 38 heavy (non-hydrogen) atoms. The number of rotatable bonds is 8. The molecule has 2 aromatic heterocycles. The molecular formula is C25H27F3N6O4. The number of pyridine rings is 1. The van der Waals surface area contributed by atoms with Crippen LogP contribution in [0.25, 0.3) is 11.4 Å². The van der Waals surface area contributed by atoms with Crippen molar-refractivity contribution in [3.8, 4) is 23.0 Å². The highest BCUT2D eigenvalue weighted by atomic mass is 19.4. The summed E-state index contributed by atoms with van der Waals surface area (Å²) in [6.07, 6.45) is -1.91. The number of urea groups is 1. The number of primary amides is 1. The Kier molecular flexibility index (Phi) is 8.08. The molecule has 3 rings (SSSR count). The van der Waals surface area contributed by atoms with E-state index in [2.05, 4.69) is 25.6 Å². The molecule has 0 aliphatic heterocycles. The lowest BCUT2D eigenvalue weighted by Crippen LogP contribution is -2.37. The van der Waals surface area contributed by atoms with Gasteiger partial charge in [-0.1, -0.05) is 6.07 Å². The number of amides is 3. The van der Waals surface area contributed by atoms with E-state index in [9.17, 15) is 22.8 Å². The number of carbonyl (C=O) groups excluding carboxylic acids is 2. The van der Waals surface area contributed by atoms with E-state index in [-0.39, 0.29) is 16.9 Å². The second kappa shape index (κ2) is 10.9. The third-order valence-electron chi connectivity index (χ3n) is 5.67. The maximum Gasteiger partial charge on any atom is 0.416 e. The summed E-state index contributed by atoms with van der Waals surface area (Å²) in [6.45, 7) is 6.44. The number of hydrogen-bond acceptors (Lipinski definition) is 7. The number of hydrogen-bond donors (Lipinski definition) is 3. The van der Waals surface area contributed by atoms with Gasteiger partial charge in [-0.15, -0.1) is 0 Å². The van der Waals surface area contributed by atoms with Crippen molar-refractivity contribution in [3.63, 3.8) is 0 Å². The number of benzene rings is 1. The van der Waals surface area contributed by atoms with Crippen LogP contribution in [-0.4, -0.2) is 40.6 Å². The Morgan fingerprint density at radius 1 is 1.05 bits per heavy atom. The molecule has 2 heterocycles. The van der Waals surface area contributed by atoms with E-state index in [1.807, 2.05) is 6.92 Å². The zero-order valence-corrected chi connectivity index (χ0v) is 21.4. The highest BCUT2D eigenvalue weighted by Crippen LogP contribution is 2.39. The Balaban J connectivity index is 1.81. The minimum atomic E-state index is -4.78. The maximum atomic E-state index is 13.7. The molecule has 0 fully saturated rings. The average Bonchev–Trinajstić information content (AvgIpc) is 2.84. The second-order valence-electron chi connectivity index (χ2n) is 8.68. The van der Waals surface area contributed by atoms with Crippen LogP contribution in [0, 0.1) is 6.92 Å². The van der Waals surface area contributed by atoms with Crippen LogP contribution in [0.5, 0.6) is 11.6 Å². The van der Waals surface area contributed by atoms with Crippen molar-refractivity contribution >= 4 is 23.3 Å². The number of nitrogens with one attached hydrogen (secondary N) is 2. The largest absolute Gasteiger partial charge is 0.488 e. The molecule has 0 aliphatic carbocycles. The van der Waals surface area contributed by atoms with Crippen molar-refractivity contribution in [2.45, 2.75) is 39.3 Å². The Hall–Kier alpha value is -4.42. The number of aromatic nitrogens is 3. The molecule has 0 saturated carbocycles. The summed E-state index contributed by atoms with van der Waals surface area (Å²) in [5, 5.41) is 4.87. The van der Waals surface area contributed by atoms with Gasteiger partial charge in [-0.25, -0.2) is 19.7 Å². The highest BCUT2D eigenvalue weighted by molar-refractivity contribution is 6.00. The van der Waals surface area contributed by atoms with Gasteiger partial charge >= 0.3 is 12.2 Å². The lowest BCUT2D eigenvalue weighted by Gasteiger charge is -2.26. The molecule has 4 N–H and O–H groups in total. The van der Waals surface area contributed by atoms with Gasteiger partial charge in [0.25, 0.3) is 5.88 Å². The van der Waals surface area contributed by atoms with Crippen LogP contribution < -0.4 is 25.8 Å². The Bertz CT molecular complexity index is 1360. The molecule has 10 nitrogen and oxygen atoms in total. The van der Waals surface area contributed by atoms with Gasteiger partial charge in [-0.2, -0.15) is 13.2 Å². The maximum absolute atomic E-state index is 13.7. The van der Waals surface area contributed by atoms with Gasteiger partial charge in [0.15, 0.2) is 11.6 Å². The molecule has 202 valence electrons. The molecule has 3 amide bonds. The van der Waals surface area contributed by atoms with Crippen LogP contribution in [0.2, 0.25) is 0 Å². The quantitative estimate of drug-likeness (QED) is 0.382. The van der Waals surface area contributed by atoms with E-state index in [0.29, 0.717) is 35.3 Å². The first-order valence-corrected chi connectivity index (χ1v) is 11.4. The van der Waals surface area contributed by atoms with E-state index in [0.717, 1.165) is 12.1 Å². The van der Waals surface area contributed by atoms with Gasteiger partial charge in [-0.05, 0) is 51.5 Å². The van der Waals surface area contributed by atoms with Gasteiger partial charge < -0.3 is 25.8 Å². The van der Waals surface area contributed by atoms with Gasteiger partial charge in [0, 0.05) is 17.4 Å². The van der Waals surface area contributed by atoms with Crippen LogP contribution in [-0.2, 0) is 16.4 Å². The minimum absolute atomic E-state index is 0.137. The first-order chi connectivity index (χ1) is 17.8. The minimum Gasteiger partial charge on any atom is -0.488 e. The standard InChI is InChI=1S/C25H27F3N6O4/c1-6-38-19-9-14(11-31-21(19)37-5)20-30-12-18(13(2)32-20)34-23(36)33-15-7-8-16(24(3,4)22(29)35)17(10-15)25(26,27)28/h7-12H,6H2,1-5H3,(H2,29,35)(H2,33,34,36). The van der Waals surface area contributed by atoms with Crippen molar-refractivity contribution in [1.29, 1.82) is 0 Å². The predicted octanol–water partition coefficient (Wildman–Crippen LogP) is 4.68. The van der Waals surface area contributed by atoms with Crippen LogP contribution in [0.15, 0.2) is 36.7 Å². The van der Waals surface area contributed by atoms with Gasteiger partial charge in [0.2, 0.25) is 5.91 Å². The summed E-state index contributed by atoms with van der Waals surface area (Å²) in [6, 6.07) is 3.98. The van der Waals surface area contributed by atoms with Gasteiger partial charge in [0.05, 0.1) is 42.3 Å². The van der Waals surface area contributed by atoms with E-state index >= 15 is 0 Å². The number of methoxy groups -OCH3 is 1. The molecule has 3 aromatic rings. The zero-order valence-electron chi connectivity index (χ0n) is 21.4. The molecule has 0 radical (unpaired) electrons. The Morgan fingerprint density at radius 2 is 1.76 bits per heavy atom. The number of anilines is 2. The average molecular weight is 533 g/mol. The van der Waals surface area contributed by atoms with Gasteiger partial charge in [0.1, 0.15) is 0 Å². The van der Waals surface area contributed by atoms with Crippen LogP contribution in [0.1, 0.15) is 37.6 Å². The number of ether oxygens (including phenoxy) is 2. The van der Waals surface area contributed by atoms with Crippen LogP contribution in [0.4, 0.5) is 29.3 Å². The summed E-state index contributed by atoms with van der Waals surface area (Å²) >= 11 is 0. The number of nitrogens with two attached hydrogens (primary N) is 1. The summed E-state index contributed by atoms with van der Waals surface area (Å²) in [4.78, 5) is 37.1. The van der Waals surface area contributed by atoms with E-state index in [1.165, 1.54) is 39.4 Å². The summed E-state index contributed by atoms with van der Waals surface area (Å²) in [7, 11) is 1.47. The topological polar surface area (TPSA) is 141 Å². The zero-order chi connectivity index (χ0) is 28.3. The SMILES string of the molecule is CCOc1cc(-c2ncc(NC(=O)Nc3ccc(C(C)(C)C(N)=O)c(C(F)(F)F)c3)c(C)n2)cnc1OC. The number of aryl methyl sites for hydroxylation is 1. The van der Waals surface area contributed by atoms with Crippen molar-refractivity contribution < 1.29 is 32.2 Å². The molecule has 1 aromatic carbocycles. The fraction of sp³-hybridized carbons (Fsp3) is 0.320. The number of halogens is 3. The molecule has 0 aliphatic rings. The summed E-state index contributed by atoms with van der Waals surface area (Å²) < 4.78 is 51.9. The molecular weight excluding hydrogens is 505 g/mol. The number of nitrogens with zero attached hydrogens (tertiary/aromatic N) is 3. The van der Waals surface area contributed by atoms with E-state index in [1.54, 1.807) is 13.0 Å². The van der Waals surface area contributed by atoms with Crippen molar-refractivity contribution in [3.05, 3.63) is 53.5 Å². The fourth-order valence-corrected chi connectivity index (χ4v) is 3.51. The van der Waals surface area contributed by atoms with Crippen molar-refractivity contribution in [2.24, 2.45) is 5.73 Å². The van der Waals surface area contributed by atoms with E-state index in [4.69, 9.17) is 15.2 Å². The normalized spacial score (nSPS) is 11.6. The highest BCUT2D eigenvalue weighted by Gasteiger charge is 2.40. The number of carbonyl (C=O) groups is 2. The summed E-state index contributed by atoms with van der Waals surface area (Å²) in [5.74, 6) is 0.118. The molecule has 0 spiro atoms. The third-order valence-corrected chi connectivity index (χ3v) is 5.67. The smallest absolute Gasteiger partial charge is 0.416 e. The first kappa shape index (κ1) is 28.2. The molecule has 0 bridgehead atoms. The van der Waals surface area contributed by atoms with Crippen LogP contribution in [0.3, 0.4) is 0 Å². The fourth-order valence-electron chi connectivity index (χ4n) is 3.51. The monoisotopic (exact) mass is 532 g/mol. The lowest BCUT2D eigenvalue weighted by molar-refractivity contribution is -0.139. The molecule has 13 heteroatoms. The Morgan fingerprint density at radius 3 is 2.34 bits per heavy atom. The lowest BCUT2D eigenvalue weighted by atomic mass is 9.80. The molecule has 0 atom stereocenters. The van der Waals surface area contributed by atoms with E-state index < -0.39 is 29.1 Å². The predicted molar refractivity (Wildman–Crippen MR) is 134 cm³/mol. The van der Waals surface area contributed by atoms with Crippen LogP contribution >= 0.6 is 0 Å². The third kappa shape index (κ3) is 6.10. The number of alkyl halides is 3. The molecule has 0 unspecified atom stereocenters. The first-order valence-electron chi connectivity index (χ1n) is 11.4. The molecule has 0 saturated heterocycles. The Labute approximate surface area is 216 Å². The van der Waals surface area contributed by atoms with Crippen molar-refractivity contribution in [2.75, 3.05) is 24.4 Å².